The number of alkyl halides is 3. The highest BCUT2D eigenvalue weighted by Crippen LogP contribution is 2.34. The average molecular weight is 181 g/mol. The molecule has 0 radical (unpaired) electrons. The van der Waals surface area contributed by atoms with Gasteiger partial charge in [0.25, 0.3) is 0 Å². The van der Waals surface area contributed by atoms with Crippen LogP contribution in [0.2, 0.25) is 0 Å². The van der Waals surface area contributed by atoms with E-state index in [-0.39, 0.29) is 11.4 Å². The van der Waals surface area contributed by atoms with Gasteiger partial charge < -0.3 is 5.73 Å². The molecule has 11 heavy (non-hydrogen) atoms. The quantitative estimate of drug-likeness (QED) is 0.706. The molecule has 1 rings (SSSR count). The first kappa shape index (κ1) is 8.55. The van der Waals surface area contributed by atoms with E-state index in [4.69, 9.17) is 5.73 Å². The molecule has 0 aliphatic rings. The summed E-state index contributed by atoms with van der Waals surface area (Å²) in [6, 6.07) is 1.05. The van der Waals surface area contributed by atoms with Crippen molar-refractivity contribution in [3.05, 3.63) is 21.9 Å². The first-order valence-corrected chi connectivity index (χ1v) is 3.77. The minimum Gasteiger partial charge on any atom is -0.326 e. The number of hydrogen-bond acceptors (Lipinski definition) is 2. The first-order valence-electron chi connectivity index (χ1n) is 2.89. The second-order valence-electron chi connectivity index (χ2n) is 1.96. The minimum absolute atomic E-state index is 0.0491. The molecule has 0 saturated carbocycles. The molecule has 0 bridgehead atoms. The highest BCUT2D eigenvalue weighted by Gasteiger charge is 2.33. The first-order chi connectivity index (χ1) is 5.05. The van der Waals surface area contributed by atoms with Crippen molar-refractivity contribution in [3.63, 3.8) is 0 Å². The van der Waals surface area contributed by atoms with Gasteiger partial charge in [0.05, 0.1) is 5.56 Å². The van der Waals surface area contributed by atoms with Crippen molar-refractivity contribution in [2.24, 2.45) is 5.73 Å². The molecule has 0 aliphatic carbocycles. The molecule has 62 valence electrons. The van der Waals surface area contributed by atoms with E-state index in [1.165, 1.54) is 5.38 Å². The summed E-state index contributed by atoms with van der Waals surface area (Å²) in [5.41, 5.74) is 4.50. The molecule has 1 heterocycles. The van der Waals surface area contributed by atoms with Crippen LogP contribution in [0.5, 0.6) is 0 Å². The van der Waals surface area contributed by atoms with Gasteiger partial charge in [-0.15, -0.1) is 11.3 Å². The van der Waals surface area contributed by atoms with Gasteiger partial charge in [-0.1, -0.05) is 0 Å². The van der Waals surface area contributed by atoms with E-state index in [2.05, 4.69) is 0 Å². The number of hydrogen-bond donors (Lipinski definition) is 1. The zero-order valence-corrected chi connectivity index (χ0v) is 6.30. The van der Waals surface area contributed by atoms with Gasteiger partial charge >= 0.3 is 6.18 Å². The summed E-state index contributed by atoms with van der Waals surface area (Å²) in [5, 5.41) is 1.39. The fourth-order valence-electron chi connectivity index (χ4n) is 0.751. The summed E-state index contributed by atoms with van der Waals surface area (Å²) in [4.78, 5) is 0.192. The van der Waals surface area contributed by atoms with E-state index in [1.807, 2.05) is 0 Å². The largest absolute Gasteiger partial charge is 0.417 e. The van der Waals surface area contributed by atoms with Gasteiger partial charge in [0, 0.05) is 11.4 Å². The van der Waals surface area contributed by atoms with E-state index in [0.29, 0.717) is 0 Å². The van der Waals surface area contributed by atoms with Gasteiger partial charge in [0.1, 0.15) is 0 Å². The minimum atomic E-state index is -4.26. The Balaban J connectivity index is 3.02. The fraction of sp³-hybridized carbons (Fsp3) is 0.333. The summed E-state index contributed by atoms with van der Waals surface area (Å²) >= 11 is 1.03. The molecular formula is C6H6F3NS. The lowest BCUT2D eigenvalue weighted by Crippen LogP contribution is -2.08. The lowest BCUT2D eigenvalue weighted by molar-refractivity contribution is -0.137. The number of rotatable bonds is 1. The summed E-state index contributed by atoms with van der Waals surface area (Å²) in [5.74, 6) is 0. The van der Waals surface area contributed by atoms with Crippen LogP contribution in [-0.2, 0) is 12.7 Å². The van der Waals surface area contributed by atoms with Crippen molar-refractivity contribution in [2.75, 3.05) is 0 Å². The van der Waals surface area contributed by atoms with Crippen LogP contribution < -0.4 is 5.73 Å². The summed E-state index contributed by atoms with van der Waals surface area (Å²) in [7, 11) is 0. The highest BCUT2D eigenvalue weighted by molar-refractivity contribution is 7.10. The number of nitrogens with two attached hydrogens (primary N) is 1. The normalized spacial score (nSPS) is 12.0. The van der Waals surface area contributed by atoms with E-state index in [9.17, 15) is 13.2 Å². The molecule has 5 heteroatoms. The monoisotopic (exact) mass is 181 g/mol. The standard InChI is InChI=1S/C6H6F3NS/c7-6(8,9)4-1-2-11-5(4)3-10/h1-2H,3,10H2. The molecule has 1 nitrogen and oxygen atoms in total. The average Bonchev–Trinajstić information content (AvgIpc) is 2.31. The van der Waals surface area contributed by atoms with Gasteiger partial charge in [-0.2, -0.15) is 13.2 Å². The third-order valence-corrected chi connectivity index (χ3v) is 2.18. The smallest absolute Gasteiger partial charge is 0.326 e. The van der Waals surface area contributed by atoms with Crippen molar-refractivity contribution in [3.8, 4) is 0 Å². The Morgan fingerprint density at radius 2 is 2.09 bits per heavy atom. The van der Waals surface area contributed by atoms with Gasteiger partial charge in [0.2, 0.25) is 0 Å². The predicted octanol–water partition coefficient (Wildman–Crippen LogP) is 2.23. The molecular weight excluding hydrogens is 175 g/mol. The lowest BCUT2D eigenvalue weighted by atomic mass is 10.2. The second kappa shape index (κ2) is 2.83. The Morgan fingerprint density at radius 1 is 1.45 bits per heavy atom. The van der Waals surface area contributed by atoms with Crippen LogP contribution in [0.25, 0.3) is 0 Å². The van der Waals surface area contributed by atoms with Crippen LogP contribution in [0, 0.1) is 0 Å². The van der Waals surface area contributed by atoms with Crippen LogP contribution in [-0.4, -0.2) is 0 Å². The van der Waals surface area contributed by atoms with Gasteiger partial charge in [-0.25, -0.2) is 0 Å². The molecule has 0 aliphatic heterocycles. The second-order valence-corrected chi connectivity index (χ2v) is 2.96. The molecule has 0 aromatic carbocycles. The SMILES string of the molecule is NCc1sccc1C(F)(F)F. The van der Waals surface area contributed by atoms with Gasteiger partial charge in [-0.3, -0.25) is 0 Å². The van der Waals surface area contributed by atoms with E-state index in [0.717, 1.165) is 17.4 Å². The van der Waals surface area contributed by atoms with Gasteiger partial charge in [0.15, 0.2) is 0 Å². The van der Waals surface area contributed by atoms with Crippen molar-refractivity contribution in [2.45, 2.75) is 12.7 Å². The van der Waals surface area contributed by atoms with Crippen LogP contribution in [0.4, 0.5) is 13.2 Å². The molecule has 0 unspecified atom stereocenters. The Hall–Kier alpha value is -0.550. The Morgan fingerprint density at radius 3 is 2.45 bits per heavy atom. The van der Waals surface area contributed by atoms with Crippen molar-refractivity contribution < 1.29 is 13.2 Å². The summed E-state index contributed by atoms with van der Waals surface area (Å²) in [6.45, 7) is -0.0491. The van der Waals surface area contributed by atoms with Crippen LogP contribution in [0.1, 0.15) is 10.4 Å². The maximum atomic E-state index is 12.0. The number of halogens is 3. The van der Waals surface area contributed by atoms with Crippen molar-refractivity contribution >= 4 is 11.3 Å². The van der Waals surface area contributed by atoms with E-state index in [1.54, 1.807) is 0 Å². The topological polar surface area (TPSA) is 26.0 Å². The lowest BCUT2D eigenvalue weighted by Gasteiger charge is -2.05. The maximum Gasteiger partial charge on any atom is 0.417 e. The summed E-state index contributed by atoms with van der Waals surface area (Å²) in [6.07, 6.45) is -4.26. The van der Waals surface area contributed by atoms with Crippen LogP contribution in [0.3, 0.4) is 0 Å². The Bertz CT molecular complexity index is 240. The predicted molar refractivity (Wildman–Crippen MR) is 37.2 cm³/mol. The fourth-order valence-corrected chi connectivity index (χ4v) is 1.53. The number of thiophene rings is 1. The van der Waals surface area contributed by atoms with E-state index < -0.39 is 11.7 Å². The third kappa shape index (κ3) is 1.72. The maximum absolute atomic E-state index is 12.0. The third-order valence-electron chi connectivity index (χ3n) is 1.24. The zero-order chi connectivity index (χ0) is 8.48. The molecule has 0 spiro atoms. The van der Waals surface area contributed by atoms with Crippen molar-refractivity contribution in [1.82, 2.24) is 0 Å². The van der Waals surface area contributed by atoms with Crippen LogP contribution in [0.15, 0.2) is 11.4 Å². The Labute approximate surface area is 65.6 Å². The molecule has 0 fully saturated rings. The molecule has 0 atom stereocenters. The molecule has 2 N–H and O–H groups in total. The molecule has 1 aromatic rings. The summed E-state index contributed by atoms with van der Waals surface area (Å²) < 4.78 is 36.1. The van der Waals surface area contributed by atoms with Crippen molar-refractivity contribution in [1.29, 1.82) is 0 Å². The highest BCUT2D eigenvalue weighted by atomic mass is 32.1. The van der Waals surface area contributed by atoms with Crippen LogP contribution >= 0.6 is 11.3 Å². The molecule has 1 aromatic heterocycles. The zero-order valence-electron chi connectivity index (χ0n) is 5.48. The Kier molecular flexibility index (Phi) is 2.20. The molecule has 0 amide bonds. The van der Waals surface area contributed by atoms with E-state index >= 15 is 0 Å². The van der Waals surface area contributed by atoms with Gasteiger partial charge in [-0.05, 0) is 11.4 Å². The molecule has 0 saturated heterocycles.